The summed E-state index contributed by atoms with van der Waals surface area (Å²) < 4.78 is 5.51. The number of carbonyl (C=O) groups excluding carboxylic acids is 2. The van der Waals surface area contributed by atoms with Crippen molar-refractivity contribution in [2.24, 2.45) is 0 Å². The molecule has 132 valence electrons. The lowest BCUT2D eigenvalue weighted by molar-refractivity contribution is -0.121. The van der Waals surface area contributed by atoms with Crippen molar-refractivity contribution in [3.8, 4) is 5.75 Å². The summed E-state index contributed by atoms with van der Waals surface area (Å²) in [5.74, 6) is 0.861. The molecule has 1 saturated heterocycles. The molecule has 0 saturated carbocycles. The highest BCUT2D eigenvalue weighted by Crippen LogP contribution is 2.22. The third-order valence-corrected chi connectivity index (χ3v) is 4.12. The molecule has 0 aromatic heterocycles. The molecule has 1 fully saturated rings. The minimum Gasteiger partial charge on any atom is -0.494 e. The Kier molecular flexibility index (Phi) is 6.46. The molecule has 1 aromatic carbocycles. The Morgan fingerprint density at radius 2 is 2.12 bits per heavy atom. The summed E-state index contributed by atoms with van der Waals surface area (Å²) in [6.45, 7) is 7.60. The fraction of sp³-hybridized carbons (Fsp3) is 0.556. The van der Waals surface area contributed by atoms with Crippen molar-refractivity contribution in [2.75, 3.05) is 25.0 Å². The maximum Gasteiger partial charge on any atom is 0.321 e. The van der Waals surface area contributed by atoms with Crippen LogP contribution in [0.3, 0.4) is 0 Å². The number of ether oxygens (including phenoxy) is 1. The predicted octanol–water partition coefficient (Wildman–Crippen LogP) is 2.92. The quantitative estimate of drug-likeness (QED) is 0.870. The van der Waals surface area contributed by atoms with E-state index in [4.69, 9.17) is 4.74 Å². The van der Waals surface area contributed by atoms with Crippen LogP contribution in [-0.4, -0.2) is 42.6 Å². The lowest BCUT2D eigenvalue weighted by Gasteiger charge is -2.33. The zero-order chi connectivity index (χ0) is 17.5. The third kappa shape index (κ3) is 4.88. The molecular weight excluding hydrogens is 306 g/mol. The number of aryl methyl sites for hydroxylation is 1. The smallest absolute Gasteiger partial charge is 0.321 e. The second-order valence-electron chi connectivity index (χ2n) is 6.05. The molecule has 0 spiro atoms. The first kappa shape index (κ1) is 18.1. The van der Waals surface area contributed by atoms with Gasteiger partial charge < -0.3 is 20.3 Å². The first-order chi connectivity index (χ1) is 11.5. The van der Waals surface area contributed by atoms with Crippen LogP contribution in [0.1, 0.15) is 38.7 Å². The van der Waals surface area contributed by atoms with Crippen LogP contribution in [0.25, 0.3) is 0 Å². The highest BCUT2D eigenvalue weighted by atomic mass is 16.5. The molecule has 2 rings (SSSR count). The Bertz CT molecular complexity index is 589. The Morgan fingerprint density at radius 3 is 2.79 bits per heavy atom. The standard InChI is InChI=1S/C18H27N3O3/c1-4-17(22)19-15-7-6-10-21(12-15)18(23)20-14-8-9-16(24-5-2)13(3)11-14/h8-9,11,15H,4-7,10,12H2,1-3H3,(H,19,22)(H,20,23)/t15-/m1/s1. The van der Waals surface area contributed by atoms with Crippen molar-refractivity contribution < 1.29 is 14.3 Å². The number of likely N-dealkylation sites (tertiary alicyclic amines) is 1. The van der Waals surface area contributed by atoms with Gasteiger partial charge in [-0.05, 0) is 50.5 Å². The number of carbonyl (C=O) groups is 2. The Hall–Kier alpha value is -2.24. The summed E-state index contributed by atoms with van der Waals surface area (Å²) in [7, 11) is 0. The van der Waals surface area contributed by atoms with Crippen LogP contribution in [0.2, 0.25) is 0 Å². The van der Waals surface area contributed by atoms with E-state index in [1.54, 1.807) is 4.90 Å². The molecule has 1 aliphatic heterocycles. The number of piperidine rings is 1. The van der Waals surface area contributed by atoms with Crippen molar-refractivity contribution in [2.45, 2.75) is 46.1 Å². The summed E-state index contributed by atoms with van der Waals surface area (Å²) in [5, 5.41) is 5.90. The number of urea groups is 1. The highest BCUT2D eigenvalue weighted by Gasteiger charge is 2.24. The molecule has 0 bridgehead atoms. The minimum atomic E-state index is -0.131. The maximum atomic E-state index is 12.5. The van der Waals surface area contributed by atoms with E-state index in [0.29, 0.717) is 26.1 Å². The van der Waals surface area contributed by atoms with Gasteiger partial charge in [0, 0.05) is 31.2 Å². The van der Waals surface area contributed by atoms with Gasteiger partial charge in [0.15, 0.2) is 0 Å². The fourth-order valence-corrected chi connectivity index (χ4v) is 2.86. The van der Waals surface area contributed by atoms with Gasteiger partial charge in [-0.3, -0.25) is 4.79 Å². The van der Waals surface area contributed by atoms with Crippen LogP contribution in [0.4, 0.5) is 10.5 Å². The van der Waals surface area contributed by atoms with E-state index in [-0.39, 0.29) is 18.0 Å². The van der Waals surface area contributed by atoms with Gasteiger partial charge in [-0.15, -0.1) is 0 Å². The van der Waals surface area contributed by atoms with Gasteiger partial charge in [0.05, 0.1) is 6.61 Å². The Balaban J connectivity index is 1.94. The van der Waals surface area contributed by atoms with E-state index in [2.05, 4.69) is 10.6 Å². The van der Waals surface area contributed by atoms with Crippen molar-refractivity contribution in [3.05, 3.63) is 23.8 Å². The number of hydrogen-bond acceptors (Lipinski definition) is 3. The largest absolute Gasteiger partial charge is 0.494 e. The van der Waals surface area contributed by atoms with Gasteiger partial charge in [-0.25, -0.2) is 4.79 Å². The summed E-state index contributed by atoms with van der Waals surface area (Å²) in [4.78, 5) is 25.7. The Labute approximate surface area is 143 Å². The number of amides is 3. The monoisotopic (exact) mass is 333 g/mol. The second-order valence-corrected chi connectivity index (χ2v) is 6.05. The predicted molar refractivity (Wildman–Crippen MR) is 94.4 cm³/mol. The number of anilines is 1. The average Bonchev–Trinajstić information content (AvgIpc) is 2.57. The maximum absolute atomic E-state index is 12.5. The summed E-state index contributed by atoms with van der Waals surface area (Å²) >= 11 is 0. The Morgan fingerprint density at radius 1 is 1.33 bits per heavy atom. The minimum absolute atomic E-state index is 0.0318. The molecule has 1 heterocycles. The third-order valence-electron chi connectivity index (χ3n) is 4.12. The molecule has 3 amide bonds. The van der Waals surface area contributed by atoms with E-state index < -0.39 is 0 Å². The summed E-state index contributed by atoms with van der Waals surface area (Å²) in [5.41, 5.74) is 1.74. The van der Waals surface area contributed by atoms with Crippen molar-refractivity contribution in [1.82, 2.24) is 10.2 Å². The van der Waals surface area contributed by atoms with Gasteiger partial charge in [0.2, 0.25) is 5.91 Å². The topological polar surface area (TPSA) is 70.7 Å². The lowest BCUT2D eigenvalue weighted by atomic mass is 10.1. The molecule has 2 N–H and O–H groups in total. The molecule has 6 heteroatoms. The first-order valence-corrected chi connectivity index (χ1v) is 8.62. The van der Waals surface area contributed by atoms with Gasteiger partial charge in [-0.2, -0.15) is 0 Å². The normalized spacial score (nSPS) is 17.3. The van der Waals surface area contributed by atoms with Crippen molar-refractivity contribution in [1.29, 1.82) is 0 Å². The number of nitrogens with zero attached hydrogens (tertiary/aromatic N) is 1. The summed E-state index contributed by atoms with van der Waals surface area (Å²) in [6, 6.07) is 5.53. The molecule has 6 nitrogen and oxygen atoms in total. The van der Waals surface area contributed by atoms with Crippen molar-refractivity contribution >= 4 is 17.6 Å². The second kappa shape index (κ2) is 8.57. The molecule has 1 aliphatic rings. The number of nitrogens with one attached hydrogen (secondary N) is 2. The fourth-order valence-electron chi connectivity index (χ4n) is 2.86. The number of rotatable bonds is 5. The van der Waals surface area contributed by atoms with Crippen LogP contribution in [-0.2, 0) is 4.79 Å². The van der Waals surface area contributed by atoms with Gasteiger partial charge >= 0.3 is 6.03 Å². The molecule has 0 radical (unpaired) electrons. The molecule has 24 heavy (non-hydrogen) atoms. The van der Waals surface area contributed by atoms with Crippen LogP contribution in [0.15, 0.2) is 18.2 Å². The van der Waals surface area contributed by atoms with Crippen LogP contribution >= 0.6 is 0 Å². The lowest BCUT2D eigenvalue weighted by Crippen LogP contribution is -2.50. The number of hydrogen-bond donors (Lipinski definition) is 2. The highest BCUT2D eigenvalue weighted by molar-refractivity contribution is 5.89. The molecule has 0 aliphatic carbocycles. The van der Waals surface area contributed by atoms with E-state index in [9.17, 15) is 9.59 Å². The zero-order valence-electron chi connectivity index (χ0n) is 14.7. The molecule has 0 unspecified atom stereocenters. The van der Waals surface area contributed by atoms with E-state index in [0.717, 1.165) is 29.8 Å². The van der Waals surface area contributed by atoms with Gasteiger partial charge in [0.25, 0.3) is 0 Å². The first-order valence-electron chi connectivity index (χ1n) is 8.62. The molecular formula is C18H27N3O3. The van der Waals surface area contributed by atoms with Crippen LogP contribution < -0.4 is 15.4 Å². The molecule has 1 aromatic rings. The average molecular weight is 333 g/mol. The zero-order valence-corrected chi connectivity index (χ0v) is 14.7. The SMILES string of the molecule is CCOc1ccc(NC(=O)N2CCC[C@@H](NC(=O)CC)C2)cc1C. The van der Waals surface area contributed by atoms with Gasteiger partial charge in [0.1, 0.15) is 5.75 Å². The molecule has 1 atom stereocenters. The van der Waals surface area contributed by atoms with Crippen molar-refractivity contribution in [3.63, 3.8) is 0 Å². The summed E-state index contributed by atoms with van der Waals surface area (Å²) in [6.07, 6.45) is 2.27. The van der Waals surface area contributed by atoms with E-state index in [1.807, 2.05) is 39.0 Å². The van der Waals surface area contributed by atoms with Crippen LogP contribution in [0.5, 0.6) is 5.75 Å². The number of benzene rings is 1. The van der Waals surface area contributed by atoms with E-state index >= 15 is 0 Å². The van der Waals surface area contributed by atoms with E-state index in [1.165, 1.54) is 0 Å². The van der Waals surface area contributed by atoms with Gasteiger partial charge in [-0.1, -0.05) is 6.92 Å². The van der Waals surface area contributed by atoms with Crippen LogP contribution in [0, 0.1) is 6.92 Å².